The Morgan fingerprint density at radius 2 is 2.06 bits per heavy atom. The van der Waals surface area contributed by atoms with Crippen molar-refractivity contribution in [2.75, 3.05) is 17.6 Å². The fraction of sp³-hybridized carbons (Fsp3) is 0.333. The molecular formula is C12H15N3OS. The minimum atomic E-state index is 0.620. The van der Waals surface area contributed by atoms with Gasteiger partial charge >= 0.3 is 0 Å². The molecule has 0 fully saturated rings. The first-order valence-corrected chi connectivity index (χ1v) is 6.55. The van der Waals surface area contributed by atoms with E-state index in [1.54, 1.807) is 18.7 Å². The van der Waals surface area contributed by atoms with Gasteiger partial charge in [0.05, 0.1) is 0 Å². The zero-order valence-electron chi connectivity index (χ0n) is 9.72. The summed E-state index contributed by atoms with van der Waals surface area (Å²) in [5, 5.41) is 11.7. The van der Waals surface area contributed by atoms with Gasteiger partial charge < -0.3 is 9.73 Å². The van der Waals surface area contributed by atoms with E-state index in [1.807, 2.05) is 18.2 Å². The van der Waals surface area contributed by atoms with E-state index in [-0.39, 0.29) is 0 Å². The number of hydrogen-bond acceptors (Lipinski definition) is 5. The van der Waals surface area contributed by atoms with Crippen LogP contribution in [0, 0.1) is 6.92 Å². The van der Waals surface area contributed by atoms with Crippen molar-refractivity contribution in [3.8, 4) is 0 Å². The molecule has 0 aliphatic heterocycles. The van der Waals surface area contributed by atoms with E-state index in [1.165, 1.54) is 0 Å². The van der Waals surface area contributed by atoms with Crippen LogP contribution < -0.4 is 5.32 Å². The maximum atomic E-state index is 5.27. The molecule has 2 aromatic rings. The lowest BCUT2D eigenvalue weighted by molar-refractivity contribution is 0.429. The van der Waals surface area contributed by atoms with Crippen LogP contribution in [0.25, 0.3) is 0 Å². The maximum absolute atomic E-state index is 5.27. The predicted molar refractivity (Wildman–Crippen MR) is 69.3 cm³/mol. The molecule has 0 amide bonds. The number of nitrogens with one attached hydrogen (secondary N) is 1. The van der Waals surface area contributed by atoms with Gasteiger partial charge in [-0.25, -0.2) is 0 Å². The largest absolute Gasteiger partial charge is 0.416 e. The summed E-state index contributed by atoms with van der Waals surface area (Å²) in [5.41, 5.74) is 1.16. The molecule has 5 heteroatoms. The molecular weight excluding hydrogens is 234 g/mol. The fourth-order valence-electron chi connectivity index (χ4n) is 1.36. The Labute approximate surface area is 105 Å². The molecule has 0 radical (unpaired) electrons. The van der Waals surface area contributed by atoms with Gasteiger partial charge in [0.25, 0.3) is 5.22 Å². The van der Waals surface area contributed by atoms with E-state index < -0.39 is 0 Å². The van der Waals surface area contributed by atoms with Crippen molar-refractivity contribution in [2.45, 2.75) is 18.6 Å². The molecule has 0 bridgehead atoms. The molecule has 4 nitrogen and oxygen atoms in total. The third kappa shape index (κ3) is 4.11. The zero-order chi connectivity index (χ0) is 11.9. The second kappa shape index (κ2) is 6.30. The number of nitrogens with zero attached hydrogens (tertiary/aromatic N) is 2. The van der Waals surface area contributed by atoms with Crippen LogP contribution in [0.2, 0.25) is 0 Å². The van der Waals surface area contributed by atoms with E-state index in [2.05, 4.69) is 27.6 Å². The summed E-state index contributed by atoms with van der Waals surface area (Å²) in [6.45, 7) is 2.75. The molecule has 1 aromatic carbocycles. The molecule has 1 aromatic heterocycles. The van der Waals surface area contributed by atoms with Crippen LogP contribution in [0.1, 0.15) is 12.3 Å². The smallest absolute Gasteiger partial charge is 0.276 e. The number of hydrogen-bond donors (Lipinski definition) is 1. The molecule has 0 spiro atoms. The monoisotopic (exact) mass is 249 g/mol. The molecule has 0 saturated heterocycles. The number of para-hydroxylation sites is 1. The Kier molecular flexibility index (Phi) is 4.44. The molecule has 0 atom stereocenters. The van der Waals surface area contributed by atoms with Crippen molar-refractivity contribution in [3.63, 3.8) is 0 Å². The molecule has 0 saturated carbocycles. The molecule has 0 aliphatic rings. The van der Waals surface area contributed by atoms with Crippen molar-refractivity contribution in [3.05, 3.63) is 36.2 Å². The molecule has 0 aliphatic carbocycles. The van der Waals surface area contributed by atoms with Crippen LogP contribution in [0.4, 0.5) is 5.69 Å². The first-order chi connectivity index (χ1) is 8.34. The number of rotatable bonds is 6. The molecule has 17 heavy (non-hydrogen) atoms. The fourth-order valence-corrected chi connectivity index (χ4v) is 2.10. The quantitative estimate of drug-likeness (QED) is 0.630. The summed E-state index contributed by atoms with van der Waals surface area (Å²) in [5.74, 6) is 1.59. The highest BCUT2D eigenvalue weighted by molar-refractivity contribution is 7.99. The average Bonchev–Trinajstić information content (AvgIpc) is 2.76. The summed E-state index contributed by atoms with van der Waals surface area (Å²) < 4.78 is 5.27. The van der Waals surface area contributed by atoms with Crippen molar-refractivity contribution in [1.29, 1.82) is 0 Å². The molecule has 1 N–H and O–H groups in total. The average molecular weight is 249 g/mol. The Morgan fingerprint density at radius 1 is 1.24 bits per heavy atom. The van der Waals surface area contributed by atoms with E-state index in [0.29, 0.717) is 11.1 Å². The number of aryl methyl sites for hydroxylation is 1. The van der Waals surface area contributed by atoms with Crippen LogP contribution in [0.5, 0.6) is 0 Å². The summed E-state index contributed by atoms with van der Waals surface area (Å²) in [7, 11) is 0. The van der Waals surface area contributed by atoms with Crippen molar-refractivity contribution < 1.29 is 4.42 Å². The minimum absolute atomic E-state index is 0.620. The number of thioether (sulfide) groups is 1. The SMILES string of the molecule is Cc1nnc(SCCCNc2ccccc2)o1. The highest BCUT2D eigenvalue weighted by atomic mass is 32.2. The van der Waals surface area contributed by atoms with Gasteiger partial charge in [-0.2, -0.15) is 0 Å². The first kappa shape index (κ1) is 12.0. The second-order valence-electron chi connectivity index (χ2n) is 3.58. The van der Waals surface area contributed by atoms with Gasteiger partial charge in [-0.3, -0.25) is 0 Å². The molecule has 0 unspecified atom stereocenters. The van der Waals surface area contributed by atoms with Gasteiger partial charge in [-0.1, -0.05) is 30.0 Å². The second-order valence-corrected chi connectivity index (χ2v) is 4.63. The third-order valence-electron chi connectivity index (χ3n) is 2.16. The topological polar surface area (TPSA) is 51.0 Å². The summed E-state index contributed by atoms with van der Waals surface area (Å²) >= 11 is 1.60. The zero-order valence-corrected chi connectivity index (χ0v) is 10.5. The number of benzene rings is 1. The van der Waals surface area contributed by atoms with Gasteiger partial charge in [0.1, 0.15) is 0 Å². The van der Waals surface area contributed by atoms with E-state index in [0.717, 1.165) is 24.4 Å². The summed E-state index contributed by atoms with van der Waals surface area (Å²) in [4.78, 5) is 0. The molecule has 2 rings (SSSR count). The molecule has 90 valence electrons. The Balaban J connectivity index is 1.61. The van der Waals surface area contributed by atoms with Crippen molar-refractivity contribution in [2.24, 2.45) is 0 Å². The molecule has 1 heterocycles. The third-order valence-corrected chi connectivity index (χ3v) is 3.06. The van der Waals surface area contributed by atoms with E-state index in [4.69, 9.17) is 4.42 Å². The van der Waals surface area contributed by atoms with E-state index >= 15 is 0 Å². The van der Waals surface area contributed by atoms with Crippen molar-refractivity contribution in [1.82, 2.24) is 10.2 Å². The Morgan fingerprint density at radius 3 is 2.76 bits per heavy atom. The lowest BCUT2D eigenvalue weighted by atomic mass is 10.3. The minimum Gasteiger partial charge on any atom is -0.416 e. The van der Waals surface area contributed by atoms with Gasteiger partial charge in [0.2, 0.25) is 5.89 Å². The Hall–Kier alpha value is -1.49. The standard InChI is InChI=1S/C12H15N3OS/c1-10-14-15-12(16-10)17-9-5-8-13-11-6-3-2-4-7-11/h2-4,6-7,13H,5,8-9H2,1H3. The Bertz CT molecular complexity index is 444. The van der Waals surface area contributed by atoms with Crippen molar-refractivity contribution >= 4 is 17.4 Å². The summed E-state index contributed by atoms with van der Waals surface area (Å²) in [6, 6.07) is 10.2. The van der Waals surface area contributed by atoms with Gasteiger partial charge in [0, 0.05) is 24.9 Å². The number of aromatic nitrogens is 2. The van der Waals surface area contributed by atoms with E-state index in [9.17, 15) is 0 Å². The van der Waals surface area contributed by atoms with Gasteiger partial charge in [-0.15, -0.1) is 10.2 Å². The predicted octanol–water partition coefficient (Wildman–Crippen LogP) is 2.97. The number of anilines is 1. The maximum Gasteiger partial charge on any atom is 0.276 e. The van der Waals surface area contributed by atoms with Crippen LogP contribution in [-0.4, -0.2) is 22.5 Å². The van der Waals surface area contributed by atoms with Gasteiger partial charge in [0.15, 0.2) is 0 Å². The van der Waals surface area contributed by atoms with Crippen LogP contribution in [-0.2, 0) is 0 Å². The lowest BCUT2D eigenvalue weighted by Gasteiger charge is -2.04. The van der Waals surface area contributed by atoms with Crippen LogP contribution in [0.3, 0.4) is 0 Å². The first-order valence-electron chi connectivity index (χ1n) is 5.56. The highest BCUT2D eigenvalue weighted by Crippen LogP contribution is 2.16. The summed E-state index contributed by atoms with van der Waals surface area (Å²) in [6.07, 6.45) is 1.06. The normalized spacial score (nSPS) is 10.4. The van der Waals surface area contributed by atoms with Crippen LogP contribution in [0.15, 0.2) is 40.0 Å². The highest BCUT2D eigenvalue weighted by Gasteiger charge is 2.01. The van der Waals surface area contributed by atoms with Gasteiger partial charge in [-0.05, 0) is 18.6 Å². The lowest BCUT2D eigenvalue weighted by Crippen LogP contribution is -2.02. The van der Waals surface area contributed by atoms with Crippen LogP contribution >= 0.6 is 11.8 Å².